The lowest BCUT2D eigenvalue weighted by Crippen LogP contribution is -2.14. The Kier molecular flexibility index (Phi) is 4.53. The number of aromatic nitrogens is 3. The number of nitrogens with one attached hydrogen (secondary N) is 1. The van der Waals surface area contributed by atoms with Gasteiger partial charge in [-0.1, -0.05) is 11.3 Å². The van der Waals surface area contributed by atoms with Crippen LogP contribution in [0, 0.1) is 0 Å². The van der Waals surface area contributed by atoms with Crippen molar-refractivity contribution in [2.75, 3.05) is 19.5 Å². The summed E-state index contributed by atoms with van der Waals surface area (Å²) >= 11 is 1.29. The Hall–Kier alpha value is -2.06. The third kappa shape index (κ3) is 3.18. The van der Waals surface area contributed by atoms with E-state index in [-0.39, 0.29) is 12.0 Å². The number of aryl methyl sites for hydroxylation is 2. The predicted octanol–water partition coefficient (Wildman–Crippen LogP) is 2.39. The fourth-order valence-corrected chi connectivity index (χ4v) is 3.25. The lowest BCUT2D eigenvalue weighted by atomic mass is 10.1. The third-order valence-corrected chi connectivity index (χ3v) is 4.82. The maximum atomic E-state index is 12.5. The van der Waals surface area contributed by atoms with Gasteiger partial charge in [-0.05, 0) is 37.8 Å². The van der Waals surface area contributed by atoms with Gasteiger partial charge >= 0.3 is 0 Å². The predicted molar refractivity (Wildman–Crippen MR) is 86.1 cm³/mol. The van der Waals surface area contributed by atoms with E-state index in [4.69, 9.17) is 9.47 Å². The summed E-state index contributed by atoms with van der Waals surface area (Å²) in [5.41, 5.74) is 2.55. The van der Waals surface area contributed by atoms with E-state index in [1.54, 1.807) is 7.11 Å². The maximum Gasteiger partial charge on any atom is 0.262 e. The number of nitrogens with zero attached hydrogens (tertiary/aromatic N) is 3. The highest BCUT2D eigenvalue weighted by atomic mass is 32.1. The summed E-state index contributed by atoms with van der Waals surface area (Å²) in [6.45, 7) is 1.87. The minimum atomic E-state index is -0.295. The van der Waals surface area contributed by atoms with Crippen molar-refractivity contribution in [2.24, 2.45) is 0 Å². The largest absolute Gasteiger partial charge is 0.480 e. The summed E-state index contributed by atoms with van der Waals surface area (Å²) in [4.78, 5) is 17.0. The second-order valence-electron chi connectivity index (χ2n) is 5.28. The van der Waals surface area contributed by atoms with Gasteiger partial charge in [0.05, 0.1) is 7.11 Å². The monoisotopic (exact) mass is 334 g/mol. The van der Waals surface area contributed by atoms with E-state index in [9.17, 15) is 4.79 Å². The van der Waals surface area contributed by atoms with E-state index in [0.717, 1.165) is 30.5 Å². The minimum Gasteiger partial charge on any atom is -0.480 e. The molecule has 0 saturated heterocycles. The first-order valence-corrected chi connectivity index (χ1v) is 8.18. The molecule has 0 aliphatic heterocycles. The molecule has 1 atom stereocenters. The second-order valence-corrected chi connectivity index (χ2v) is 6.29. The fourth-order valence-electron chi connectivity index (χ4n) is 2.49. The molecule has 23 heavy (non-hydrogen) atoms. The van der Waals surface area contributed by atoms with Gasteiger partial charge < -0.3 is 9.47 Å². The van der Waals surface area contributed by atoms with E-state index in [1.807, 2.05) is 13.0 Å². The van der Waals surface area contributed by atoms with Crippen LogP contribution in [0.5, 0.6) is 5.88 Å². The van der Waals surface area contributed by atoms with Crippen LogP contribution in [-0.4, -0.2) is 35.3 Å². The molecule has 1 aliphatic carbocycles. The summed E-state index contributed by atoms with van der Waals surface area (Å²) in [5, 5.41) is 11.9. The minimum absolute atomic E-state index is 0.158. The van der Waals surface area contributed by atoms with Crippen LogP contribution >= 0.6 is 11.3 Å². The van der Waals surface area contributed by atoms with Gasteiger partial charge in [0, 0.05) is 12.8 Å². The summed E-state index contributed by atoms with van der Waals surface area (Å²) in [5.74, 6) is 0.0509. The average molecular weight is 334 g/mol. The van der Waals surface area contributed by atoms with E-state index < -0.39 is 0 Å². The highest BCUT2D eigenvalue weighted by molar-refractivity contribution is 7.15. The number of amides is 1. The number of hydrogen-bond donors (Lipinski definition) is 1. The molecule has 0 bridgehead atoms. The van der Waals surface area contributed by atoms with Crippen molar-refractivity contribution < 1.29 is 14.3 Å². The quantitative estimate of drug-likeness (QED) is 0.903. The van der Waals surface area contributed by atoms with Crippen molar-refractivity contribution in [1.29, 1.82) is 0 Å². The standard InChI is InChI=1S/C15H18N4O3S/c1-8(21-2)14-18-19-15(23-14)17-12(20)10-7-9-5-4-6-11(9)16-13(10)22-3/h7-8H,4-6H2,1-3H3,(H,17,19,20). The summed E-state index contributed by atoms with van der Waals surface area (Å²) < 4.78 is 10.5. The van der Waals surface area contributed by atoms with Crippen molar-refractivity contribution in [2.45, 2.75) is 32.3 Å². The molecular weight excluding hydrogens is 316 g/mol. The smallest absolute Gasteiger partial charge is 0.262 e. The number of fused-ring (bicyclic) bond motifs is 1. The molecule has 122 valence electrons. The van der Waals surface area contributed by atoms with Crippen molar-refractivity contribution >= 4 is 22.4 Å². The van der Waals surface area contributed by atoms with E-state index in [2.05, 4.69) is 20.5 Å². The van der Waals surface area contributed by atoms with E-state index >= 15 is 0 Å². The molecule has 2 aromatic rings. The van der Waals surface area contributed by atoms with Crippen LogP contribution in [0.1, 0.15) is 46.1 Å². The van der Waals surface area contributed by atoms with E-state index in [1.165, 1.54) is 18.4 Å². The molecule has 0 fully saturated rings. The Labute approximate surface area is 138 Å². The molecule has 1 amide bonds. The SMILES string of the molecule is COc1nc2c(cc1C(=O)Nc1nnc(C(C)OC)s1)CCC2. The van der Waals surface area contributed by atoms with Crippen molar-refractivity contribution in [3.05, 3.63) is 27.9 Å². The first kappa shape index (κ1) is 15.8. The molecular formula is C15H18N4O3S. The number of ether oxygens (including phenoxy) is 2. The second kappa shape index (κ2) is 6.59. The first-order chi connectivity index (χ1) is 11.1. The van der Waals surface area contributed by atoms with Crippen molar-refractivity contribution in [3.8, 4) is 5.88 Å². The van der Waals surface area contributed by atoms with Gasteiger partial charge in [-0.15, -0.1) is 10.2 Å². The number of hydrogen-bond acceptors (Lipinski definition) is 7. The van der Waals surface area contributed by atoms with Gasteiger partial charge in [0.1, 0.15) is 16.7 Å². The molecule has 8 heteroatoms. The number of methoxy groups -OCH3 is 2. The maximum absolute atomic E-state index is 12.5. The van der Waals surface area contributed by atoms with Gasteiger partial charge in [0.25, 0.3) is 5.91 Å². The third-order valence-electron chi connectivity index (χ3n) is 3.82. The zero-order valence-electron chi connectivity index (χ0n) is 13.3. The normalized spacial score (nSPS) is 14.4. The molecule has 0 radical (unpaired) electrons. The molecule has 0 saturated carbocycles. The van der Waals surface area contributed by atoms with Crippen LogP contribution in [-0.2, 0) is 17.6 Å². The molecule has 0 aromatic carbocycles. The number of carbonyl (C=O) groups is 1. The van der Waals surface area contributed by atoms with Crippen LogP contribution in [0.15, 0.2) is 6.07 Å². The van der Waals surface area contributed by atoms with Crippen molar-refractivity contribution in [1.82, 2.24) is 15.2 Å². The molecule has 3 rings (SSSR count). The molecule has 2 heterocycles. The molecule has 2 aromatic heterocycles. The highest BCUT2D eigenvalue weighted by Gasteiger charge is 2.22. The van der Waals surface area contributed by atoms with E-state index in [0.29, 0.717) is 21.6 Å². The number of pyridine rings is 1. The Morgan fingerprint density at radius 3 is 2.91 bits per heavy atom. The fraction of sp³-hybridized carbons (Fsp3) is 0.467. The van der Waals surface area contributed by atoms with Crippen LogP contribution in [0.4, 0.5) is 5.13 Å². The van der Waals surface area contributed by atoms with Crippen LogP contribution in [0.3, 0.4) is 0 Å². The average Bonchev–Trinajstić information content (AvgIpc) is 3.21. The number of carbonyl (C=O) groups excluding carboxylic acids is 1. The molecule has 1 unspecified atom stereocenters. The highest BCUT2D eigenvalue weighted by Crippen LogP contribution is 2.28. The summed E-state index contributed by atoms with van der Waals surface area (Å²) in [7, 11) is 3.12. The lowest BCUT2D eigenvalue weighted by Gasteiger charge is -2.09. The Bertz CT molecular complexity index is 732. The Balaban J connectivity index is 1.82. The van der Waals surface area contributed by atoms with Crippen LogP contribution in [0.2, 0.25) is 0 Å². The molecule has 1 aliphatic rings. The summed E-state index contributed by atoms with van der Waals surface area (Å²) in [6.07, 6.45) is 2.78. The lowest BCUT2D eigenvalue weighted by molar-refractivity contribution is 0.102. The zero-order chi connectivity index (χ0) is 16.4. The summed E-state index contributed by atoms with van der Waals surface area (Å²) in [6, 6.07) is 1.86. The number of rotatable bonds is 5. The van der Waals surface area contributed by atoms with Crippen LogP contribution in [0.25, 0.3) is 0 Å². The Morgan fingerprint density at radius 1 is 1.35 bits per heavy atom. The molecule has 0 spiro atoms. The van der Waals surface area contributed by atoms with Gasteiger partial charge in [-0.3, -0.25) is 10.1 Å². The Morgan fingerprint density at radius 2 is 2.17 bits per heavy atom. The molecule has 7 nitrogen and oxygen atoms in total. The molecule has 1 N–H and O–H groups in total. The van der Waals surface area contributed by atoms with Crippen molar-refractivity contribution in [3.63, 3.8) is 0 Å². The topological polar surface area (TPSA) is 86.2 Å². The van der Waals surface area contributed by atoms with Gasteiger partial charge in [0.15, 0.2) is 0 Å². The zero-order valence-corrected chi connectivity index (χ0v) is 14.1. The van der Waals surface area contributed by atoms with Crippen LogP contribution < -0.4 is 10.1 Å². The van der Waals surface area contributed by atoms with Gasteiger partial charge in [-0.2, -0.15) is 0 Å². The first-order valence-electron chi connectivity index (χ1n) is 7.36. The van der Waals surface area contributed by atoms with Gasteiger partial charge in [-0.25, -0.2) is 4.98 Å². The number of anilines is 1. The van der Waals surface area contributed by atoms with Gasteiger partial charge in [0.2, 0.25) is 11.0 Å².